The smallest absolute Gasteiger partial charge is 0.338 e. The van der Waals surface area contributed by atoms with Crippen LogP contribution in [0.4, 0.5) is 11.4 Å². The first-order chi connectivity index (χ1) is 13.5. The number of nitrogens with zero attached hydrogens (tertiary/aromatic N) is 1. The van der Waals surface area contributed by atoms with Gasteiger partial charge in [0, 0.05) is 5.69 Å². The minimum atomic E-state index is -3.71. The summed E-state index contributed by atoms with van der Waals surface area (Å²) in [6, 6.07) is 10.7. The largest absolute Gasteiger partial charge is 0.462 e. The number of sulfonamides is 1. The molecule has 1 amide bonds. The molecular formula is C21H26N2O5S. The summed E-state index contributed by atoms with van der Waals surface area (Å²) in [6.45, 7) is 7.14. The lowest BCUT2D eigenvalue weighted by Gasteiger charge is -2.28. The highest BCUT2D eigenvalue weighted by Gasteiger charge is 2.29. The summed E-state index contributed by atoms with van der Waals surface area (Å²) >= 11 is 0. The summed E-state index contributed by atoms with van der Waals surface area (Å²) in [5.74, 6) is -1.01. The summed E-state index contributed by atoms with van der Waals surface area (Å²) in [6.07, 6.45) is 1.06. The van der Waals surface area contributed by atoms with Crippen molar-refractivity contribution in [3.8, 4) is 0 Å². The van der Waals surface area contributed by atoms with Crippen molar-refractivity contribution in [2.24, 2.45) is 0 Å². The van der Waals surface area contributed by atoms with Crippen molar-refractivity contribution in [1.29, 1.82) is 0 Å². The van der Waals surface area contributed by atoms with Crippen LogP contribution in [0.1, 0.15) is 35.3 Å². The van der Waals surface area contributed by atoms with E-state index in [1.54, 1.807) is 50.2 Å². The third-order valence-corrected chi connectivity index (χ3v) is 5.63. The molecule has 0 fully saturated rings. The Labute approximate surface area is 171 Å². The average molecular weight is 419 g/mol. The molecule has 7 nitrogen and oxygen atoms in total. The molecule has 0 aliphatic rings. The molecule has 1 atom stereocenters. The Hall–Kier alpha value is -2.87. The lowest BCUT2D eigenvalue weighted by molar-refractivity contribution is -0.116. The molecule has 0 saturated carbocycles. The molecule has 0 aliphatic heterocycles. The van der Waals surface area contributed by atoms with Crippen LogP contribution in [0.2, 0.25) is 0 Å². The summed E-state index contributed by atoms with van der Waals surface area (Å²) in [7, 11) is -3.71. The van der Waals surface area contributed by atoms with Gasteiger partial charge < -0.3 is 10.1 Å². The molecule has 0 bridgehead atoms. The van der Waals surface area contributed by atoms with E-state index in [1.807, 2.05) is 6.92 Å². The lowest BCUT2D eigenvalue weighted by Crippen LogP contribution is -2.45. The van der Waals surface area contributed by atoms with Crippen LogP contribution in [0.3, 0.4) is 0 Å². The van der Waals surface area contributed by atoms with Crippen LogP contribution >= 0.6 is 0 Å². The lowest BCUT2D eigenvalue weighted by atomic mass is 10.1. The number of carbonyl (C=O) groups excluding carboxylic acids is 2. The second-order valence-corrected chi connectivity index (χ2v) is 8.67. The van der Waals surface area contributed by atoms with Gasteiger partial charge in [-0.1, -0.05) is 23.8 Å². The van der Waals surface area contributed by atoms with E-state index in [0.29, 0.717) is 16.9 Å². The zero-order valence-corrected chi connectivity index (χ0v) is 18.0. The van der Waals surface area contributed by atoms with E-state index in [4.69, 9.17) is 4.74 Å². The molecule has 0 heterocycles. The third kappa shape index (κ3) is 5.57. The van der Waals surface area contributed by atoms with Crippen LogP contribution in [-0.2, 0) is 19.6 Å². The van der Waals surface area contributed by atoms with Gasteiger partial charge in [-0.05, 0) is 57.5 Å². The fourth-order valence-corrected chi connectivity index (χ4v) is 4.01. The quantitative estimate of drug-likeness (QED) is 0.697. The highest BCUT2D eigenvalue weighted by molar-refractivity contribution is 7.92. The molecule has 1 N–H and O–H groups in total. The fourth-order valence-electron chi connectivity index (χ4n) is 2.84. The first kappa shape index (κ1) is 22.4. The van der Waals surface area contributed by atoms with E-state index in [0.717, 1.165) is 21.7 Å². The van der Waals surface area contributed by atoms with E-state index in [-0.39, 0.29) is 6.61 Å². The number of hydrogen-bond donors (Lipinski definition) is 1. The van der Waals surface area contributed by atoms with Crippen LogP contribution in [0, 0.1) is 13.8 Å². The van der Waals surface area contributed by atoms with E-state index >= 15 is 0 Å². The maximum Gasteiger partial charge on any atom is 0.338 e. The highest BCUT2D eigenvalue weighted by atomic mass is 32.2. The zero-order valence-electron chi connectivity index (χ0n) is 17.2. The number of amides is 1. The van der Waals surface area contributed by atoms with Gasteiger partial charge in [-0.25, -0.2) is 13.2 Å². The van der Waals surface area contributed by atoms with Gasteiger partial charge in [0.15, 0.2) is 0 Å². The van der Waals surface area contributed by atoms with Gasteiger partial charge in [-0.15, -0.1) is 0 Å². The topological polar surface area (TPSA) is 92.8 Å². The van der Waals surface area contributed by atoms with Crippen LogP contribution in [0.5, 0.6) is 0 Å². The normalized spacial score (nSPS) is 12.2. The third-order valence-electron chi connectivity index (χ3n) is 4.38. The van der Waals surface area contributed by atoms with Gasteiger partial charge >= 0.3 is 5.97 Å². The number of anilines is 2. The molecule has 0 saturated heterocycles. The Balaban J connectivity index is 2.31. The predicted octanol–water partition coefficient (Wildman–Crippen LogP) is 3.27. The van der Waals surface area contributed by atoms with Gasteiger partial charge in [0.1, 0.15) is 6.04 Å². The number of aryl methyl sites for hydroxylation is 2. The standard InChI is InChI=1S/C21H26N2O5S/c1-6-28-21(25)17-10-9-15(3)19(13-17)22-20(24)16(4)23(29(5,26)27)18-11-7-14(2)8-12-18/h7-13,16H,6H2,1-5H3,(H,22,24). The number of ether oxygens (including phenoxy) is 1. The summed E-state index contributed by atoms with van der Waals surface area (Å²) in [4.78, 5) is 24.8. The number of benzene rings is 2. The van der Waals surface area contributed by atoms with Crippen molar-refractivity contribution in [3.05, 3.63) is 59.2 Å². The summed E-state index contributed by atoms with van der Waals surface area (Å²) < 4.78 is 30.8. The first-order valence-electron chi connectivity index (χ1n) is 9.19. The van der Waals surface area contributed by atoms with Crippen molar-refractivity contribution in [2.45, 2.75) is 33.7 Å². The molecule has 2 aromatic rings. The molecule has 0 aromatic heterocycles. The average Bonchev–Trinajstić information content (AvgIpc) is 2.64. The number of hydrogen-bond acceptors (Lipinski definition) is 5. The molecule has 29 heavy (non-hydrogen) atoms. The van der Waals surface area contributed by atoms with Gasteiger partial charge in [0.25, 0.3) is 0 Å². The molecule has 0 aliphatic carbocycles. The van der Waals surface area contributed by atoms with Crippen molar-refractivity contribution < 1.29 is 22.7 Å². The molecule has 2 rings (SSSR count). The molecule has 0 spiro atoms. The Morgan fingerprint density at radius 2 is 1.72 bits per heavy atom. The molecule has 0 radical (unpaired) electrons. The van der Waals surface area contributed by atoms with E-state index in [2.05, 4.69) is 5.32 Å². The first-order valence-corrected chi connectivity index (χ1v) is 11.0. The summed E-state index contributed by atoms with van der Waals surface area (Å²) in [5, 5.41) is 2.73. The number of nitrogens with one attached hydrogen (secondary N) is 1. The van der Waals surface area contributed by atoms with Crippen LogP contribution in [0.15, 0.2) is 42.5 Å². The molecule has 156 valence electrons. The van der Waals surface area contributed by atoms with E-state index in [9.17, 15) is 18.0 Å². The Morgan fingerprint density at radius 3 is 2.28 bits per heavy atom. The minimum Gasteiger partial charge on any atom is -0.462 e. The number of rotatable bonds is 7. The second kappa shape index (κ2) is 9.09. The SMILES string of the molecule is CCOC(=O)c1ccc(C)c(NC(=O)C(C)N(c2ccc(C)cc2)S(C)(=O)=O)c1. The Bertz CT molecular complexity index is 1000. The molecular weight excluding hydrogens is 392 g/mol. The van der Waals surface area contributed by atoms with Gasteiger partial charge in [0.2, 0.25) is 15.9 Å². The maximum atomic E-state index is 12.9. The molecule has 2 aromatic carbocycles. The van der Waals surface area contributed by atoms with Crippen molar-refractivity contribution >= 4 is 33.3 Å². The Kier molecular flexibility index (Phi) is 7.02. The second-order valence-electron chi connectivity index (χ2n) is 6.81. The monoisotopic (exact) mass is 418 g/mol. The maximum absolute atomic E-state index is 12.9. The van der Waals surface area contributed by atoms with Gasteiger partial charge in [0.05, 0.1) is 24.1 Å². The fraction of sp³-hybridized carbons (Fsp3) is 0.333. The number of carbonyl (C=O) groups is 2. The van der Waals surface area contributed by atoms with Crippen molar-refractivity contribution in [2.75, 3.05) is 22.5 Å². The van der Waals surface area contributed by atoms with Crippen LogP contribution < -0.4 is 9.62 Å². The van der Waals surface area contributed by atoms with Crippen LogP contribution in [-0.4, -0.2) is 39.2 Å². The van der Waals surface area contributed by atoms with Gasteiger partial charge in [-0.2, -0.15) is 0 Å². The van der Waals surface area contributed by atoms with Crippen molar-refractivity contribution in [3.63, 3.8) is 0 Å². The minimum absolute atomic E-state index is 0.241. The van der Waals surface area contributed by atoms with E-state index in [1.165, 1.54) is 13.0 Å². The Morgan fingerprint density at radius 1 is 1.10 bits per heavy atom. The van der Waals surface area contributed by atoms with Crippen molar-refractivity contribution in [1.82, 2.24) is 0 Å². The highest BCUT2D eigenvalue weighted by Crippen LogP contribution is 2.23. The van der Waals surface area contributed by atoms with E-state index < -0.39 is 27.9 Å². The zero-order chi connectivity index (χ0) is 21.8. The number of esters is 1. The summed E-state index contributed by atoms with van der Waals surface area (Å²) in [5.41, 5.74) is 2.84. The predicted molar refractivity (Wildman–Crippen MR) is 114 cm³/mol. The van der Waals surface area contributed by atoms with Crippen LogP contribution in [0.25, 0.3) is 0 Å². The molecule has 1 unspecified atom stereocenters. The molecule has 8 heteroatoms. The van der Waals surface area contributed by atoms with Gasteiger partial charge in [-0.3, -0.25) is 9.10 Å².